The van der Waals surface area contributed by atoms with E-state index in [1.165, 1.54) is 12.7 Å². The highest BCUT2D eigenvalue weighted by Gasteiger charge is 2.23. The minimum absolute atomic E-state index is 0.0568. The van der Waals surface area contributed by atoms with Crippen molar-refractivity contribution < 1.29 is 29.2 Å². The summed E-state index contributed by atoms with van der Waals surface area (Å²) in [4.78, 5) is 0. The van der Waals surface area contributed by atoms with Crippen LogP contribution in [0.15, 0.2) is 60.2 Å². The van der Waals surface area contributed by atoms with Crippen LogP contribution in [0, 0.1) is 0 Å². The zero-order valence-electron chi connectivity index (χ0n) is 20.5. The van der Waals surface area contributed by atoms with Crippen molar-refractivity contribution in [2.24, 2.45) is 0 Å². The Labute approximate surface area is 201 Å². The molecule has 0 aromatic heterocycles. The summed E-state index contributed by atoms with van der Waals surface area (Å²) in [5, 5.41) is 20.9. The quantitative estimate of drug-likeness (QED) is 0.348. The Bertz CT molecular complexity index is 1160. The second kappa shape index (κ2) is 10.9. The molecule has 0 fully saturated rings. The number of hydrogen-bond donors (Lipinski definition) is 2. The molecule has 3 aromatic rings. The van der Waals surface area contributed by atoms with Crippen LogP contribution in [0.25, 0.3) is 22.3 Å². The van der Waals surface area contributed by atoms with E-state index in [0.29, 0.717) is 46.3 Å². The van der Waals surface area contributed by atoms with Gasteiger partial charge in [0.25, 0.3) is 0 Å². The molecule has 3 rings (SSSR count). The van der Waals surface area contributed by atoms with E-state index in [9.17, 15) is 10.2 Å². The SMILES string of the molecule is COc1cc(-c2ccc(O)cc2)c(OC)c(O)c1-c1ccc(OCC=C(C)C)c(OC(C)C)c1. The van der Waals surface area contributed by atoms with E-state index in [1.54, 1.807) is 31.4 Å². The molecule has 0 aliphatic rings. The average Bonchev–Trinajstić information content (AvgIpc) is 2.79. The van der Waals surface area contributed by atoms with Gasteiger partial charge in [-0.05, 0) is 75.2 Å². The fourth-order valence-electron chi connectivity index (χ4n) is 3.56. The first kappa shape index (κ1) is 24.8. The first-order valence-corrected chi connectivity index (χ1v) is 11.1. The number of rotatable bonds is 9. The maximum atomic E-state index is 11.3. The number of phenols is 2. The first-order valence-electron chi connectivity index (χ1n) is 11.1. The highest BCUT2D eigenvalue weighted by Crippen LogP contribution is 2.50. The Hall–Kier alpha value is -3.80. The number of methoxy groups -OCH3 is 2. The van der Waals surface area contributed by atoms with Crippen molar-refractivity contribution in [3.05, 3.63) is 60.2 Å². The number of ether oxygens (including phenoxy) is 4. The van der Waals surface area contributed by atoms with E-state index >= 15 is 0 Å². The molecule has 0 spiro atoms. The Morgan fingerprint density at radius 3 is 2.12 bits per heavy atom. The molecule has 0 atom stereocenters. The van der Waals surface area contributed by atoms with Gasteiger partial charge in [0, 0.05) is 5.56 Å². The molecule has 3 aromatic carbocycles. The van der Waals surface area contributed by atoms with Crippen molar-refractivity contribution in [1.82, 2.24) is 0 Å². The smallest absolute Gasteiger partial charge is 0.170 e. The van der Waals surface area contributed by atoms with Crippen LogP contribution in [0.2, 0.25) is 0 Å². The van der Waals surface area contributed by atoms with Gasteiger partial charge in [0.15, 0.2) is 23.0 Å². The fraction of sp³-hybridized carbons (Fsp3) is 0.286. The Morgan fingerprint density at radius 1 is 0.853 bits per heavy atom. The zero-order chi connectivity index (χ0) is 24.8. The summed E-state index contributed by atoms with van der Waals surface area (Å²) in [5.41, 5.74) is 3.74. The molecule has 0 saturated heterocycles. The first-order chi connectivity index (χ1) is 16.2. The summed E-state index contributed by atoms with van der Waals surface area (Å²) >= 11 is 0. The third-order valence-electron chi connectivity index (χ3n) is 5.15. The van der Waals surface area contributed by atoms with Gasteiger partial charge in [0.05, 0.1) is 25.9 Å². The zero-order valence-corrected chi connectivity index (χ0v) is 20.5. The summed E-state index contributed by atoms with van der Waals surface area (Å²) in [6, 6.07) is 14.0. The molecule has 0 bridgehead atoms. The van der Waals surface area contributed by atoms with Crippen molar-refractivity contribution in [3.8, 4) is 56.8 Å². The molecule has 0 amide bonds. The van der Waals surface area contributed by atoms with E-state index in [-0.39, 0.29) is 17.6 Å². The van der Waals surface area contributed by atoms with E-state index in [1.807, 2.05) is 58.0 Å². The van der Waals surface area contributed by atoms with Gasteiger partial charge in [-0.1, -0.05) is 23.8 Å². The van der Waals surface area contributed by atoms with Gasteiger partial charge < -0.3 is 29.2 Å². The lowest BCUT2D eigenvalue weighted by Gasteiger charge is -2.20. The monoisotopic (exact) mass is 464 g/mol. The summed E-state index contributed by atoms with van der Waals surface area (Å²) in [7, 11) is 3.05. The van der Waals surface area contributed by atoms with Crippen LogP contribution in [0.4, 0.5) is 0 Å². The van der Waals surface area contributed by atoms with Crippen LogP contribution in [0.1, 0.15) is 27.7 Å². The normalized spacial score (nSPS) is 10.7. The van der Waals surface area contributed by atoms with Gasteiger partial charge in [-0.3, -0.25) is 0 Å². The third kappa shape index (κ3) is 5.57. The Kier molecular flexibility index (Phi) is 7.95. The maximum absolute atomic E-state index is 11.3. The second-order valence-corrected chi connectivity index (χ2v) is 8.35. The molecule has 6 heteroatoms. The van der Waals surface area contributed by atoms with E-state index in [2.05, 4.69) is 0 Å². The Balaban J connectivity index is 2.14. The molecule has 2 N–H and O–H groups in total. The van der Waals surface area contributed by atoms with Gasteiger partial charge in [0.1, 0.15) is 18.1 Å². The van der Waals surface area contributed by atoms with Gasteiger partial charge in [-0.2, -0.15) is 0 Å². The average molecular weight is 465 g/mol. The van der Waals surface area contributed by atoms with Crippen molar-refractivity contribution in [2.75, 3.05) is 20.8 Å². The van der Waals surface area contributed by atoms with Crippen molar-refractivity contribution in [1.29, 1.82) is 0 Å². The molecule has 0 aliphatic heterocycles. The number of benzene rings is 3. The molecule has 0 saturated carbocycles. The summed E-state index contributed by atoms with van der Waals surface area (Å²) < 4.78 is 23.2. The van der Waals surface area contributed by atoms with E-state index in [4.69, 9.17) is 18.9 Å². The lowest BCUT2D eigenvalue weighted by Crippen LogP contribution is -2.08. The largest absolute Gasteiger partial charge is 0.508 e. The van der Waals surface area contributed by atoms with Crippen LogP contribution in [0.3, 0.4) is 0 Å². The third-order valence-corrected chi connectivity index (χ3v) is 5.15. The molecule has 180 valence electrons. The van der Waals surface area contributed by atoms with Crippen molar-refractivity contribution in [2.45, 2.75) is 33.8 Å². The number of allylic oxidation sites excluding steroid dienone is 1. The molecule has 0 aliphatic carbocycles. The number of aromatic hydroxyl groups is 2. The lowest BCUT2D eigenvalue weighted by molar-refractivity contribution is 0.226. The maximum Gasteiger partial charge on any atom is 0.170 e. The van der Waals surface area contributed by atoms with E-state index < -0.39 is 0 Å². The summed E-state index contributed by atoms with van der Waals surface area (Å²) in [6.45, 7) is 8.35. The van der Waals surface area contributed by atoms with Gasteiger partial charge >= 0.3 is 0 Å². The van der Waals surface area contributed by atoms with Crippen LogP contribution < -0.4 is 18.9 Å². The van der Waals surface area contributed by atoms with Gasteiger partial charge in [0.2, 0.25) is 0 Å². The minimum Gasteiger partial charge on any atom is -0.508 e. The predicted molar refractivity (Wildman–Crippen MR) is 134 cm³/mol. The van der Waals surface area contributed by atoms with Crippen LogP contribution in [-0.4, -0.2) is 37.1 Å². The van der Waals surface area contributed by atoms with E-state index in [0.717, 1.165) is 5.56 Å². The summed E-state index contributed by atoms with van der Waals surface area (Å²) in [5.74, 6) is 2.05. The second-order valence-electron chi connectivity index (χ2n) is 8.35. The van der Waals surface area contributed by atoms with Gasteiger partial charge in [-0.15, -0.1) is 0 Å². The van der Waals surface area contributed by atoms with Gasteiger partial charge in [-0.25, -0.2) is 0 Å². The Morgan fingerprint density at radius 2 is 1.53 bits per heavy atom. The van der Waals surface area contributed by atoms with Crippen molar-refractivity contribution in [3.63, 3.8) is 0 Å². The summed E-state index contributed by atoms with van der Waals surface area (Å²) in [6.07, 6.45) is 1.93. The molecule has 0 radical (unpaired) electrons. The molecule has 0 unspecified atom stereocenters. The van der Waals surface area contributed by atoms with Crippen LogP contribution >= 0.6 is 0 Å². The minimum atomic E-state index is -0.0667. The number of phenolic OH excluding ortho intramolecular Hbond substituents is 2. The molecule has 34 heavy (non-hydrogen) atoms. The molecular weight excluding hydrogens is 432 g/mol. The highest BCUT2D eigenvalue weighted by atomic mass is 16.5. The molecule has 6 nitrogen and oxygen atoms in total. The molecular formula is C28H32O6. The number of hydrogen-bond acceptors (Lipinski definition) is 6. The van der Waals surface area contributed by atoms with Crippen LogP contribution in [0.5, 0.6) is 34.5 Å². The standard InChI is InChI=1S/C28H32O6/c1-17(2)13-14-33-23-12-9-20(15-24(23)34-18(3)4)26-25(31-5)16-22(28(32-6)27(26)30)19-7-10-21(29)11-8-19/h7-13,15-16,18,29-30H,14H2,1-6H3. The molecule has 0 heterocycles. The van der Waals surface area contributed by atoms with Crippen LogP contribution in [-0.2, 0) is 0 Å². The predicted octanol–water partition coefficient (Wildman–Crippen LogP) is 6.58. The lowest BCUT2D eigenvalue weighted by atomic mass is 9.96. The highest BCUT2D eigenvalue weighted by molar-refractivity contribution is 5.88. The van der Waals surface area contributed by atoms with Crippen molar-refractivity contribution >= 4 is 0 Å². The topological polar surface area (TPSA) is 77.4 Å². The fourth-order valence-corrected chi connectivity index (χ4v) is 3.56.